The summed E-state index contributed by atoms with van der Waals surface area (Å²) < 4.78 is 31.4. The molecule has 144 valence electrons. The lowest BCUT2D eigenvalue weighted by Gasteiger charge is -2.24. The highest BCUT2D eigenvalue weighted by Crippen LogP contribution is 2.36. The summed E-state index contributed by atoms with van der Waals surface area (Å²) in [5, 5.41) is 0. The van der Waals surface area contributed by atoms with Crippen molar-refractivity contribution in [1.82, 2.24) is 4.90 Å². The van der Waals surface area contributed by atoms with Gasteiger partial charge in [0.1, 0.15) is 5.60 Å². The van der Waals surface area contributed by atoms with Gasteiger partial charge in [-0.15, -0.1) is 0 Å². The smallest absolute Gasteiger partial charge is 0.410 e. The standard InChI is InChI=1S/C20H24N2O4S/c1-20(2,3)26-19(23)22-12-15-10-16(21-27(4,24)25)11-17(18(15)13-22)14-8-6-5-7-9-14/h5-11,21H,12-13H2,1-4H3. The van der Waals surface area contributed by atoms with Crippen LogP contribution in [-0.2, 0) is 27.8 Å². The second kappa shape index (κ2) is 6.88. The highest BCUT2D eigenvalue weighted by Gasteiger charge is 2.30. The Morgan fingerprint density at radius 3 is 2.37 bits per heavy atom. The van der Waals surface area contributed by atoms with Crippen LogP contribution in [0.4, 0.5) is 10.5 Å². The van der Waals surface area contributed by atoms with Crippen LogP contribution in [0, 0.1) is 0 Å². The van der Waals surface area contributed by atoms with Crippen LogP contribution in [0.15, 0.2) is 42.5 Å². The number of benzene rings is 2. The van der Waals surface area contributed by atoms with E-state index in [1.54, 1.807) is 11.0 Å². The second-order valence-corrected chi connectivity index (χ2v) is 9.49. The van der Waals surface area contributed by atoms with Crippen molar-refractivity contribution in [3.63, 3.8) is 0 Å². The number of nitrogens with zero attached hydrogens (tertiary/aromatic N) is 1. The van der Waals surface area contributed by atoms with Gasteiger partial charge in [-0.25, -0.2) is 13.2 Å². The van der Waals surface area contributed by atoms with Gasteiger partial charge in [0.05, 0.1) is 12.8 Å². The van der Waals surface area contributed by atoms with E-state index in [9.17, 15) is 13.2 Å². The minimum absolute atomic E-state index is 0.378. The number of rotatable bonds is 3. The number of anilines is 1. The molecule has 2 aromatic rings. The lowest BCUT2D eigenvalue weighted by molar-refractivity contribution is 0.0242. The molecule has 0 bridgehead atoms. The van der Waals surface area contributed by atoms with Gasteiger partial charge in [0.25, 0.3) is 0 Å². The monoisotopic (exact) mass is 388 g/mol. The largest absolute Gasteiger partial charge is 0.444 e. The van der Waals surface area contributed by atoms with Crippen LogP contribution in [0.25, 0.3) is 11.1 Å². The van der Waals surface area contributed by atoms with Crippen molar-refractivity contribution in [2.24, 2.45) is 0 Å². The van der Waals surface area contributed by atoms with Crippen LogP contribution in [0.2, 0.25) is 0 Å². The Morgan fingerprint density at radius 2 is 1.78 bits per heavy atom. The minimum Gasteiger partial charge on any atom is -0.444 e. The number of ether oxygens (including phenoxy) is 1. The van der Waals surface area contributed by atoms with E-state index in [4.69, 9.17) is 4.74 Å². The van der Waals surface area contributed by atoms with Gasteiger partial charge in [0.15, 0.2) is 0 Å². The van der Waals surface area contributed by atoms with Crippen molar-refractivity contribution < 1.29 is 17.9 Å². The molecule has 0 atom stereocenters. The topological polar surface area (TPSA) is 75.7 Å². The number of fused-ring (bicyclic) bond motifs is 1. The lowest BCUT2D eigenvalue weighted by atomic mass is 9.96. The van der Waals surface area contributed by atoms with E-state index in [-0.39, 0.29) is 6.09 Å². The zero-order valence-corrected chi connectivity index (χ0v) is 16.8. The van der Waals surface area contributed by atoms with Gasteiger partial charge in [-0.3, -0.25) is 9.62 Å². The fraction of sp³-hybridized carbons (Fsp3) is 0.350. The Hall–Kier alpha value is -2.54. The van der Waals surface area contributed by atoms with Gasteiger partial charge in [0.2, 0.25) is 10.0 Å². The van der Waals surface area contributed by atoms with Crippen molar-refractivity contribution in [3.05, 3.63) is 53.6 Å². The average molecular weight is 388 g/mol. The van der Waals surface area contributed by atoms with Crippen molar-refractivity contribution >= 4 is 21.8 Å². The van der Waals surface area contributed by atoms with Crippen molar-refractivity contribution in [3.8, 4) is 11.1 Å². The van der Waals surface area contributed by atoms with Gasteiger partial charge in [-0.1, -0.05) is 30.3 Å². The first-order chi connectivity index (χ1) is 12.5. The minimum atomic E-state index is -3.40. The molecule has 0 radical (unpaired) electrons. The third-order valence-corrected chi connectivity index (χ3v) is 4.70. The van der Waals surface area contributed by atoms with E-state index >= 15 is 0 Å². The molecule has 0 saturated carbocycles. The molecule has 1 aliphatic rings. The Bertz CT molecular complexity index is 963. The molecule has 0 aliphatic carbocycles. The van der Waals surface area contributed by atoms with Gasteiger partial charge in [0, 0.05) is 12.2 Å². The number of amides is 1. The maximum absolute atomic E-state index is 12.5. The molecule has 7 heteroatoms. The van der Waals surface area contributed by atoms with Gasteiger partial charge in [-0.2, -0.15) is 0 Å². The maximum Gasteiger partial charge on any atom is 0.410 e. The predicted molar refractivity (Wildman–Crippen MR) is 106 cm³/mol. The quantitative estimate of drug-likeness (QED) is 0.863. The van der Waals surface area contributed by atoms with Gasteiger partial charge < -0.3 is 4.74 Å². The summed E-state index contributed by atoms with van der Waals surface area (Å²) in [4.78, 5) is 14.1. The fourth-order valence-electron chi connectivity index (χ4n) is 3.12. The molecule has 1 N–H and O–H groups in total. The number of nitrogens with one attached hydrogen (secondary N) is 1. The Balaban J connectivity index is 2.00. The SMILES string of the molecule is CC(C)(C)OC(=O)N1Cc2cc(NS(C)(=O)=O)cc(-c3ccccc3)c2C1. The van der Waals surface area contributed by atoms with Crippen molar-refractivity contribution in [2.45, 2.75) is 39.5 Å². The fourth-order valence-corrected chi connectivity index (χ4v) is 3.66. The molecule has 1 amide bonds. The lowest BCUT2D eigenvalue weighted by Crippen LogP contribution is -2.33. The molecule has 0 fully saturated rings. The highest BCUT2D eigenvalue weighted by atomic mass is 32.2. The summed E-state index contributed by atoms with van der Waals surface area (Å²) in [5.41, 5.74) is 3.71. The first-order valence-corrected chi connectivity index (χ1v) is 10.6. The summed E-state index contributed by atoms with van der Waals surface area (Å²) in [6.07, 6.45) is 0.741. The third kappa shape index (κ3) is 4.80. The molecule has 2 aromatic carbocycles. The number of carbonyl (C=O) groups excluding carboxylic acids is 1. The van der Waals surface area contributed by atoms with Crippen LogP contribution in [0.3, 0.4) is 0 Å². The first-order valence-electron chi connectivity index (χ1n) is 8.69. The number of sulfonamides is 1. The Morgan fingerprint density at radius 1 is 1.11 bits per heavy atom. The molecule has 0 unspecified atom stereocenters. The summed E-state index contributed by atoms with van der Waals surface area (Å²) in [7, 11) is -3.40. The summed E-state index contributed by atoms with van der Waals surface area (Å²) >= 11 is 0. The van der Waals surface area contributed by atoms with E-state index in [1.807, 2.05) is 57.2 Å². The van der Waals surface area contributed by atoms with E-state index in [1.165, 1.54) is 0 Å². The van der Waals surface area contributed by atoms with E-state index < -0.39 is 15.6 Å². The Labute approximate surface area is 160 Å². The molecule has 0 aromatic heterocycles. The van der Waals surface area contributed by atoms with Crippen LogP contribution >= 0.6 is 0 Å². The predicted octanol–water partition coefficient (Wildman–Crippen LogP) is 3.98. The third-order valence-electron chi connectivity index (χ3n) is 4.09. The normalized spacial score (nSPS) is 14.0. The Kier molecular flexibility index (Phi) is 4.90. The molecule has 0 saturated heterocycles. The number of hydrogen-bond acceptors (Lipinski definition) is 4. The highest BCUT2D eigenvalue weighted by molar-refractivity contribution is 7.92. The zero-order chi connectivity index (χ0) is 19.8. The maximum atomic E-state index is 12.5. The molecule has 3 rings (SSSR count). The molecule has 27 heavy (non-hydrogen) atoms. The van der Waals surface area contributed by atoms with Crippen molar-refractivity contribution in [1.29, 1.82) is 0 Å². The molecule has 1 heterocycles. The van der Waals surface area contributed by atoms with E-state index in [0.717, 1.165) is 28.5 Å². The van der Waals surface area contributed by atoms with E-state index in [0.29, 0.717) is 18.8 Å². The van der Waals surface area contributed by atoms with Crippen LogP contribution in [0.5, 0.6) is 0 Å². The van der Waals surface area contributed by atoms with Gasteiger partial charge in [-0.05, 0) is 55.2 Å². The van der Waals surface area contributed by atoms with Gasteiger partial charge >= 0.3 is 6.09 Å². The van der Waals surface area contributed by atoms with E-state index in [2.05, 4.69) is 4.72 Å². The average Bonchev–Trinajstić information content (AvgIpc) is 2.96. The van der Waals surface area contributed by atoms with Crippen LogP contribution in [-0.4, -0.2) is 31.3 Å². The molecular weight excluding hydrogens is 364 g/mol. The second-order valence-electron chi connectivity index (χ2n) is 7.74. The molecule has 6 nitrogen and oxygen atoms in total. The van der Waals surface area contributed by atoms with Crippen molar-refractivity contribution in [2.75, 3.05) is 11.0 Å². The first kappa shape index (κ1) is 19.2. The number of carbonyl (C=O) groups is 1. The summed E-state index contributed by atoms with van der Waals surface area (Å²) in [6.45, 7) is 6.30. The van der Waals surface area contributed by atoms with Crippen LogP contribution < -0.4 is 4.72 Å². The summed E-state index contributed by atoms with van der Waals surface area (Å²) in [5.74, 6) is 0. The number of hydrogen-bond donors (Lipinski definition) is 1. The zero-order valence-electron chi connectivity index (χ0n) is 15.9. The van der Waals surface area contributed by atoms with Crippen LogP contribution in [0.1, 0.15) is 31.9 Å². The molecule has 1 aliphatic heterocycles. The molecular formula is C20H24N2O4S. The molecule has 0 spiro atoms. The summed E-state index contributed by atoms with van der Waals surface area (Å²) in [6, 6.07) is 13.3.